The molecule has 2 fully saturated rings. The maximum atomic E-state index is 14.5. The molecule has 3 aromatic rings. The molecule has 2 aliphatic rings. The third kappa shape index (κ3) is 8.83. The Morgan fingerprint density at radius 2 is 1.83 bits per heavy atom. The monoisotopic (exact) mass is 750 g/mol. The number of amides is 3. The van der Waals surface area contributed by atoms with E-state index in [4.69, 9.17) is 24.2 Å². The van der Waals surface area contributed by atoms with Crippen molar-refractivity contribution in [3.8, 4) is 22.2 Å². The van der Waals surface area contributed by atoms with Crippen LogP contribution in [0.25, 0.3) is 21.6 Å². The predicted octanol–water partition coefficient (Wildman–Crippen LogP) is 5.62. The van der Waals surface area contributed by atoms with Crippen LogP contribution < -0.4 is 25.4 Å². The van der Waals surface area contributed by atoms with Gasteiger partial charge in [0.15, 0.2) is 0 Å². The lowest BCUT2D eigenvalue weighted by Gasteiger charge is -2.35. The van der Waals surface area contributed by atoms with Crippen molar-refractivity contribution < 1.29 is 38.5 Å². The lowest BCUT2D eigenvalue weighted by atomic mass is 9.85. The SMILES string of the molecule is C=C[C@@H]1C[C@]1(NC(=O)[C@@H]1C[C@@H](Oc2cc(-c3nc(NC(C)C)cs3)nc3cc(OC)ccc23)CN1C(=O)[C@@H](NC(=O)OC(C)(C)C)C(C)(C)C)C(=O)O. The third-order valence-corrected chi connectivity index (χ3v) is 9.95. The first-order valence-electron chi connectivity index (χ1n) is 17.6. The molecule has 4 N–H and O–H groups in total. The highest BCUT2D eigenvalue weighted by molar-refractivity contribution is 7.13. The van der Waals surface area contributed by atoms with Crippen LogP contribution in [0.4, 0.5) is 10.6 Å². The summed E-state index contributed by atoms with van der Waals surface area (Å²) in [6.07, 6.45) is 0.245. The van der Waals surface area contributed by atoms with Crippen molar-refractivity contribution in [3.63, 3.8) is 0 Å². The minimum atomic E-state index is -1.52. The van der Waals surface area contributed by atoms with Crippen molar-refractivity contribution >= 4 is 51.9 Å². The Labute approximate surface area is 313 Å². The molecule has 3 heterocycles. The molecule has 0 bridgehead atoms. The number of carbonyl (C=O) groups is 4. The number of hydrogen-bond acceptors (Lipinski definition) is 11. The number of carboxylic acid groups (broad SMARTS) is 1. The van der Waals surface area contributed by atoms with E-state index in [1.807, 2.05) is 25.3 Å². The highest BCUT2D eigenvalue weighted by Crippen LogP contribution is 2.45. The average Bonchev–Trinajstić information content (AvgIpc) is 3.34. The number of methoxy groups -OCH3 is 1. The van der Waals surface area contributed by atoms with E-state index in [-0.39, 0.29) is 25.4 Å². The van der Waals surface area contributed by atoms with Gasteiger partial charge in [-0.3, -0.25) is 9.59 Å². The second-order valence-electron chi connectivity index (χ2n) is 16.0. The molecule has 0 unspecified atom stereocenters. The van der Waals surface area contributed by atoms with Crippen LogP contribution in [0.2, 0.25) is 0 Å². The molecule has 53 heavy (non-hydrogen) atoms. The van der Waals surface area contributed by atoms with Crippen LogP contribution in [-0.2, 0) is 19.1 Å². The number of benzene rings is 1. The van der Waals surface area contributed by atoms with E-state index in [1.165, 1.54) is 22.3 Å². The summed E-state index contributed by atoms with van der Waals surface area (Å²) < 4.78 is 17.6. The number of rotatable bonds is 12. The number of anilines is 1. The van der Waals surface area contributed by atoms with E-state index in [2.05, 4.69) is 22.5 Å². The molecule has 5 atom stereocenters. The number of carboxylic acids is 1. The number of thiazole rings is 1. The molecule has 1 aromatic carbocycles. The minimum absolute atomic E-state index is 0.0283. The summed E-state index contributed by atoms with van der Waals surface area (Å²) in [5.41, 5.74) is -1.98. The lowest BCUT2D eigenvalue weighted by molar-refractivity contribution is -0.146. The second-order valence-corrected chi connectivity index (χ2v) is 16.8. The summed E-state index contributed by atoms with van der Waals surface area (Å²) in [6.45, 7) is 18.3. The van der Waals surface area contributed by atoms with Crippen molar-refractivity contribution in [1.82, 2.24) is 25.5 Å². The molecular formula is C38H50N6O8S. The molecule has 286 valence electrons. The van der Waals surface area contributed by atoms with Gasteiger partial charge < -0.3 is 40.2 Å². The molecule has 1 aliphatic carbocycles. The van der Waals surface area contributed by atoms with Crippen molar-refractivity contribution in [2.75, 3.05) is 19.0 Å². The van der Waals surface area contributed by atoms with Gasteiger partial charge in [0.1, 0.15) is 57.3 Å². The van der Waals surface area contributed by atoms with Gasteiger partial charge >= 0.3 is 12.1 Å². The molecule has 3 amide bonds. The van der Waals surface area contributed by atoms with Crippen LogP contribution in [-0.4, -0.2) is 92.9 Å². The number of alkyl carbamates (subject to hydrolysis) is 1. The quantitative estimate of drug-likeness (QED) is 0.169. The summed E-state index contributed by atoms with van der Waals surface area (Å²) in [5.74, 6) is -1.05. The number of carbonyl (C=O) groups excluding carboxylic acids is 3. The molecular weight excluding hydrogens is 701 g/mol. The van der Waals surface area contributed by atoms with Crippen LogP contribution in [0, 0.1) is 11.3 Å². The minimum Gasteiger partial charge on any atom is -0.497 e. The second kappa shape index (κ2) is 14.8. The number of aliphatic carboxylic acids is 1. The molecule has 1 saturated heterocycles. The number of hydrogen-bond donors (Lipinski definition) is 4. The largest absolute Gasteiger partial charge is 0.497 e. The van der Waals surface area contributed by atoms with Gasteiger partial charge in [-0.1, -0.05) is 26.8 Å². The van der Waals surface area contributed by atoms with Gasteiger partial charge in [0.25, 0.3) is 0 Å². The van der Waals surface area contributed by atoms with E-state index >= 15 is 0 Å². The van der Waals surface area contributed by atoms with Gasteiger partial charge in [-0.2, -0.15) is 0 Å². The number of fused-ring (bicyclic) bond motifs is 1. The lowest BCUT2D eigenvalue weighted by Crippen LogP contribution is -2.59. The van der Waals surface area contributed by atoms with Gasteiger partial charge in [-0.15, -0.1) is 17.9 Å². The Kier molecular flexibility index (Phi) is 11.0. The van der Waals surface area contributed by atoms with Gasteiger partial charge in [0.2, 0.25) is 11.8 Å². The van der Waals surface area contributed by atoms with E-state index in [1.54, 1.807) is 66.9 Å². The number of ether oxygens (including phenoxy) is 3. The molecule has 14 nitrogen and oxygen atoms in total. The fraction of sp³-hybridized carbons (Fsp3) is 0.526. The summed E-state index contributed by atoms with van der Waals surface area (Å²) in [4.78, 5) is 64.8. The molecule has 2 aromatic heterocycles. The van der Waals surface area contributed by atoms with Crippen molar-refractivity contribution in [1.29, 1.82) is 0 Å². The molecule has 5 rings (SSSR count). The third-order valence-electron chi connectivity index (χ3n) is 9.08. The van der Waals surface area contributed by atoms with Crippen molar-refractivity contribution in [2.45, 2.75) is 104 Å². The summed E-state index contributed by atoms with van der Waals surface area (Å²) >= 11 is 1.42. The zero-order valence-corrected chi connectivity index (χ0v) is 32.6. The molecule has 1 aliphatic heterocycles. The smallest absolute Gasteiger partial charge is 0.408 e. The molecule has 0 radical (unpaired) electrons. The first-order valence-corrected chi connectivity index (χ1v) is 18.5. The summed E-state index contributed by atoms with van der Waals surface area (Å²) in [7, 11) is 1.57. The Morgan fingerprint density at radius 1 is 1.11 bits per heavy atom. The number of pyridine rings is 1. The van der Waals surface area contributed by atoms with Crippen LogP contribution in [0.15, 0.2) is 42.3 Å². The van der Waals surface area contributed by atoms with E-state index in [0.717, 1.165) is 5.82 Å². The normalized spacial score (nSPS) is 21.8. The van der Waals surface area contributed by atoms with Crippen molar-refractivity contribution in [2.24, 2.45) is 11.3 Å². The van der Waals surface area contributed by atoms with Crippen LogP contribution in [0.1, 0.15) is 68.2 Å². The van der Waals surface area contributed by atoms with Gasteiger partial charge in [-0.05, 0) is 58.6 Å². The van der Waals surface area contributed by atoms with Crippen molar-refractivity contribution in [3.05, 3.63) is 42.3 Å². The number of nitrogens with one attached hydrogen (secondary N) is 3. The highest BCUT2D eigenvalue weighted by atomic mass is 32.1. The fourth-order valence-corrected chi connectivity index (χ4v) is 7.10. The van der Waals surface area contributed by atoms with Crippen LogP contribution in [0.5, 0.6) is 11.5 Å². The first-order chi connectivity index (χ1) is 24.7. The van der Waals surface area contributed by atoms with Crippen LogP contribution >= 0.6 is 11.3 Å². The zero-order chi connectivity index (χ0) is 39.0. The number of aromatic nitrogens is 2. The Bertz CT molecular complexity index is 1900. The van der Waals surface area contributed by atoms with E-state index in [0.29, 0.717) is 33.1 Å². The van der Waals surface area contributed by atoms with Crippen LogP contribution in [0.3, 0.4) is 0 Å². The molecule has 0 spiro atoms. The van der Waals surface area contributed by atoms with Gasteiger partial charge in [-0.25, -0.2) is 19.6 Å². The maximum absolute atomic E-state index is 14.5. The fourth-order valence-electron chi connectivity index (χ4n) is 6.38. The Balaban J connectivity index is 1.51. The predicted molar refractivity (Wildman–Crippen MR) is 202 cm³/mol. The van der Waals surface area contributed by atoms with Gasteiger partial charge in [0, 0.05) is 41.3 Å². The summed E-state index contributed by atoms with van der Waals surface area (Å²) in [5, 5.41) is 22.0. The standard InChI is InChI=1S/C38H50N6O8S/c1-11-21-17-38(21,34(47)48)43-31(45)27-15-23(18-44(27)33(46)30(36(4,5)6)42-35(49)52-37(7,8)9)51-28-16-26(32-41-29(19-53-32)39-20(2)3)40-25-14-22(50-10)12-13-24(25)28/h11-14,16,19-21,23,27,30,39H,1,15,17-18H2,2-10H3,(H,42,49)(H,43,45)(H,47,48)/t21-,23-,27+,30-,38-/m1/s1. The topological polar surface area (TPSA) is 181 Å². The first kappa shape index (κ1) is 39.3. The Hall–Kier alpha value is -4.92. The molecule has 1 saturated carbocycles. The summed E-state index contributed by atoms with van der Waals surface area (Å²) in [6, 6.07) is 5.17. The van der Waals surface area contributed by atoms with E-state index in [9.17, 15) is 24.3 Å². The Morgan fingerprint density at radius 3 is 2.42 bits per heavy atom. The number of likely N-dealkylation sites (tertiary alicyclic amines) is 1. The van der Waals surface area contributed by atoms with E-state index < -0.39 is 64.5 Å². The average molecular weight is 751 g/mol. The maximum Gasteiger partial charge on any atom is 0.408 e. The van der Waals surface area contributed by atoms with Gasteiger partial charge in [0.05, 0.1) is 19.2 Å². The highest BCUT2D eigenvalue weighted by Gasteiger charge is 2.61. The molecule has 15 heteroatoms. The number of nitrogens with zero attached hydrogens (tertiary/aromatic N) is 3. The zero-order valence-electron chi connectivity index (χ0n) is 31.7.